The van der Waals surface area contributed by atoms with Crippen LogP contribution in [-0.4, -0.2) is 14.7 Å². The average molecular weight is 191 g/mol. The van der Waals surface area contributed by atoms with E-state index in [2.05, 4.69) is 28.6 Å². The Kier molecular flexibility index (Phi) is 2.35. The molecule has 0 saturated carbocycles. The molecule has 0 fully saturated rings. The fraction of sp³-hybridized carbons (Fsp3) is 0.400. The van der Waals surface area contributed by atoms with Crippen molar-refractivity contribution < 1.29 is 4.52 Å². The molecular formula is C10H13N3O. The fourth-order valence-electron chi connectivity index (χ4n) is 1.45. The zero-order valence-electron chi connectivity index (χ0n) is 8.34. The SMILES string of the molecule is CC(C)c1nccn1Cc1ccno1. The zero-order valence-corrected chi connectivity index (χ0v) is 8.34. The van der Waals surface area contributed by atoms with Crippen LogP contribution in [0.15, 0.2) is 29.2 Å². The molecule has 2 aromatic rings. The van der Waals surface area contributed by atoms with Gasteiger partial charge in [0.1, 0.15) is 5.82 Å². The van der Waals surface area contributed by atoms with Crippen molar-refractivity contribution in [2.24, 2.45) is 0 Å². The molecule has 0 spiro atoms. The van der Waals surface area contributed by atoms with Crippen molar-refractivity contribution in [1.82, 2.24) is 14.7 Å². The predicted octanol–water partition coefficient (Wildman–Crippen LogP) is 2.04. The molecule has 0 bridgehead atoms. The van der Waals surface area contributed by atoms with Crippen LogP contribution in [0.2, 0.25) is 0 Å². The second kappa shape index (κ2) is 3.65. The van der Waals surface area contributed by atoms with Gasteiger partial charge in [-0.3, -0.25) is 0 Å². The normalized spacial score (nSPS) is 11.1. The molecule has 0 aromatic carbocycles. The van der Waals surface area contributed by atoms with E-state index < -0.39 is 0 Å². The number of imidazole rings is 1. The van der Waals surface area contributed by atoms with Gasteiger partial charge in [0.15, 0.2) is 5.76 Å². The van der Waals surface area contributed by atoms with Crippen LogP contribution in [0.5, 0.6) is 0 Å². The molecule has 74 valence electrons. The molecule has 0 aliphatic rings. The summed E-state index contributed by atoms with van der Waals surface area (Å²) in [5, 5.41) is 3.67. The topological polar surface area (TPSA) is 43.9 Å². The van der Waals surface area contributed by atoms with E-state index in [0.29, 0.717) is 12.5 Å². The Balaban J connectivity index is 2.21. The van der Waals surface area contributed by atoms with E-state index in [0.717, 1.165) is 11.6 Å². The minimum Gasteiger partial charge on any atom is -0.359 e. The lowest BCUT2D eigenvalue weighted by Gasteiger charge is -2.07. The smallest absolute Gasteiger partial charge is 0.156 e. The fourth-order valence-corrected chi connectivity index (χ4v) is 1.45. The Morgan fingerprint density at radius 1 is 1.43 bits per heavy atom. The van der Waals surface area contributed by atoms with Crippen LogP contribution < -0.4 is 0 Å². The minimum absolute atomic E-state index is 0.424. The van der Waals surface area contributed by atoms with Crippen LogP contribution in [0, 0.1) is 0 Å². The van der Waals surface area contributed by atoms with Crippen LogP contribution >= 0.6 is 0 Å². The number of hydrogen-bond donors (Lipinski definition) is 0. The van der Waals surface area contributed by atoms with E-state index >= 15 is 0 Å². The van der Waals surface area contributed by atoms with Gasteiger partial charge >= 0.3 is 0 Å². The molecule has 0 saturated heterocycles. The van der Waals surface area contributed by atoms with Gasteiger partial charge in [0.25, 0.3) is 0 Å². The number of nitrogens with zero attached hydrogens (tertiary/aromatic N) is 3. The second-order valence-corrected chi connectivity index (χ2v) is 3.55. The van der Waals surface area contributed by atoms with E-state index in [1.807, 2.05) is 18.5 Å². The second-order valence-electron chi connectivity index (χ2n) is 3.55. The van der Waals surface area contributed by atoms with E-state index in [1.165, 1.54) is 0 Å². The summed E-state index contributed by atoms with van der Waals surface area (Å²) in [7, 11) is 0. The maximum atomic E-state index is 5.04. The molecule has 2 rings (SSSR count). The Labute approximate surface area is 82.6 Å². The third-order valence-corrected chi connectivity index (χ3v) is 2.08. The Morgan fingerprint density at radius 3 is 2.93 bits per heavy atom. The molecule has 0 aliphatic carbocycles. The Morgan fingerprint density at radius 2 is 2.29 bits per heavy atom. The molecule has 4 nitrogen and oxygen atoms in total. The third kappa shape index (κ3) is 1.69. The third-order valence-electron chi connectivity index (χ3n) is 2.08. The lowest BCUT2D eigenvalue weighted by molar-refractivity contribution is 0.374. The number of rotatable bonds is 3. The van der Waals surface area contributed by atoms with Gasteiger partial charge in [-0.05, 0) is 0 Å². The molecular weight excluding hydrogens is 178 g/mol. The molecule has 0 atom stereocenters. The van der Waals surface area contributed by atoms with E-state index in [1.54, 1.807) is 6.20 Å². The zero-order chi connectivity index (χ0) is 9.97. The van der Waals surface area contributed by atoms with Gasteiger partial charge in [0.2, 0.25) is 0 Å². The maximum Gasteiger partial charge on any atom is 0.156 e. The van der Waals surface area contributed by atoms with Crippen molar-refractivity contribution in [3.05, 3.63) is 36.2 Å². The summed E-state index contributed by atoms with van der Waals surface area (Å²) < 4.78 is 7.12. The van der Waals surface area contributed by atoms with Gasteiger partial charge in [-0.2, -0.15) is 0 Å². The van der Waals surface area contributed by atoms with Crippen molar-refractivity contribution in [3.8, 4) is 0 Å². The predicted molar refractivity (Wildman–Crippen MR) is 51.9 cm³/mol. The molecule has 0 N–H and O–H groups in total. The van der Waals surface area contributed by atoms with Crippen LogP contribution in [0.4, 0.5) is 0 Å². The molecule has 2 aromatic heterocycles. The quantitative estimate of drug-likeness (QED) is 0.745. The summed E-state index contributed by atoms with van der Waals surface area (Å²) in [6, 6.07) is 1.87. The average Bonchev–Trinajstić information content (AvgIpc) is 2.75. The first-order valence-electron chi connectivity index (χ1n) is 4.68. The highest BCUT2D eigenvalue weighted by Gasteiger charge is 2.08. The van der Waals surface area contributed by atoms with Crippen LogP contribution in [0.25, 0.3) is 0 Å². The summed E-state index contributed by atoms with van der Waals surface area (Å²) in [5.41, 5.74) is 0. The van der Waals surface area contributed by atoms with E-state index in [9.17, 15) is 0 Å². The van der Waals surface area contributed by atoms with Crippen molar-refractivity contribution in [2.45, 2.75) is 26.3 Å². The number of aromatic nitrogens is 3. The maximum absolute atomic E-state index is 5.04. The van der Waals surface area contributed by atoms with Gasteiger partial charge in [-0.1, -0.05) is 19.0 Å². The lowest BCUT2D eigenvalue weighted by Crippen LogP contribution is -2.05. The molecule has 0 aliphatic heterocycles. The molecule has 4 heteroatoms. The molecule has 0 amide bonds. The molecule has 2 heterocycles. The minimum atomic E-state index is 0.424. The van der Waals surface area contributed by atoms with Crippen LogP contribution in [-0.2, 0) is 6.54 Å². The Hall–Kier alpha value is -1.58. The summed E-state index contributed by atoms with van der Waals surface area (Å²) in [6.45, 7) is 4.95. The van der Waals surface area contributed by atoms with E-state index in [4.69, 9.17) is 4.52 Å². The van der Waals surface area contributed by atoms with Gasteiger partial charge in [-0.15, -0.1) is 0 Å². The molecule has 0 unspecified atom stereocenters. The Bertz CT molecular complexity index is 389. The largest absolute Gasteiger partial charge is 0.359 e. The van der Waals surface area contributed by atoms with Crippen LogP contribution in [0.1, 0.15) is 31.4 Å². The van der Waals surface area contributed by atoms with Crippen molar-refractivity contribution in [2.75, 3.05) is 0 Å². The number of hydrogen-bond acceptors (Lipinski definition) is 3. The van der Waals surface area contributed by atoms with Gasteiger partial charge < -0.3 is 9.09 Å². The summed E-state index contributed by atoms with van der Waals surface area (Å²) in [6.07, 6.45) is 5.42. The lowest BCUT2D eigenvalue weighted by atomic mass is 10.2. The van der Waals surface area contributed by atoms with Crippen molar-refractivity contribution in [3.63, 3.8) is 0 Å². The van der Waals surface area contributed by atoms with Crippen molar-refractivity contribution >= 4 is 0 Å². The van der Waals surface area contributed by atoms with Gasteiger partial charge in [-0.25, -0.2) is 4.98 Å². The van der Waals surface area contributed by atoms with Crippen LogP contribution in [0.3, 0.4) is 0 Å². The van der Waals surface area contributed by atoms with Crippen molar-refractivity contribution in [1.29, 1.82) is 0 Å². The highest BCUT2D eigenvalue weighted by Crippen LogP contribution is 2.13. The highest BCUT2D eigenvalue weighted by molar-refractivity contribution is 5.02. The van der Waals surface area contributed by atoms with E-state index in [-0.39, 0.29) is 0 Å². The summed E-state index contributed by atoms with van der Waals surface area (Å²) in [5.74, 6) is 2.35. The monoisotopic (exact) mass is 191 g/mol. The first kappa shape index (κ1) is 8.99. The molecule has 0 radical (unpaired) electrons. The highest BCUT2D eigenvalue weighted by atomic mass is 16.5. The van der Waals surface area contributed by atoms with Gasteiger partial charge in [0, 0.05) is 24.4 Å². The first-order chi connectivity index (χ1) is 6.77. The standard InChI is InChI=1S/C10H13N3O/c1-8(2)10-11-5-6-13(10)7-9-3-4-12-14-9/h3-6,8H,7H2,1-2H3. The summed E-state index contributed by atoms with van der Waals surface area (Å²) >= 11 is 0. The molecule has 14 heavy (non-hydrogen) atoms. The first-order valence-corrected chi connectivity index (χ1v) is 4.68. The van der Waals surface area contributed by atoms with Gasteiger partial charge in [0.05, 0.1) is 12.7 Å². The summed E-state index contributed by atoms with van der Waals surface area (Å²) in [4.78, 5) is 4.30.